The highest BCUT2D eigenvalue weighted by atomic mass is 16.5. The highest BCUT2D eigenvalue weighted by Gasteiger charge is 2.07. The molecule has 0 spiro atoms. The molecule has 0 bridgehead atoms. The fraction of sp³-hybridized carbons (Fsp3) is 0.500. The molecular formula is C24H35NO2. The van der Waals surface area contributed by atoms with Crippen LogP contribution in [0.2, 0.25) is 0 Å². The van der Waals surface area contributed by atoms with Gasteiger partial charge >= 0.3 is 0 Å². The van der Waals surface area contributed by atoms with Crippen molar-refractivity contribution in [1.29, 1.82) is 0 Å². The summed E-state index contributed by atoms with van der Waals surface area (Å²) >= 11 is 0. The molecule has 0 aliphatic heterocycles. The van der Waals surface area contributed by atoms with Gasteiger partial charge in [-0.25, -0.2) is 0 Å². The standard InChI is InChI=1S/C24H35NO2/c1-4-25(5-2)19-11-12-20-27-24-16-10-8-14-22(24)18-17-21-13-7-9-15-23(21)26-6-3/h7-10,13-16H,4-6,11-12,17-20H2,1-3H3. The molecule has 0 N–H and O–H groups in total. The van der Waals surface area contributed by atoms with E-state index < -0.39 is 0 Å². The molecule has 0 aliphatic rings. The Balaban J connectivity index is 1.85. The lowest BCUT2D eigenvalue weighted by Gasteiger charge is -2.18. The number of unbranched alkanes of at least 4 members (excludes halogenated alkanes) is 1. The second kappa shape index (κ2) is 12.4. The number of nitrogens with zero attached hydrogens (tertiary/aromatic N) is 1. The quantitative estimate of drug-likeness (QED) is 0.443. The molecule has 2 rings (SSSR count). The minimum atomic E-state index is 0.699. The Labute approximate surface area is 165 Å². The van der Waals surface area contributed by atoms with Crippen LogP contribution >= 0.6 is 0 Å². The van der Waals surface area contributed by atoms with Gasteiger partial charge < -0.3 is 14.4 Å². The van der Waals surface area contributed by atoms with Gasteiger partial charge in [0.15, 0.2) is 0 Å². The van der Waals surface area contributed by atoms with Crippen LogP contribution in [-0.2, 0) is 12.8 Å². The van der Waals surface area contributed by atoms with Crippen molar-refractivity contribution < 1.29 is 9.47 Å². The van der Waals surface area contributed by atoms with Gasteiger partial charge in [-0.3, -0.25) is 0 Å². The average Bonchev–Trinajstić information content (AvgIpc) is 2.71. The lowest BCUT2D eigenvalue weighted by molar-refractivity contribution is 0.265. The monoisotopic (exact) mass is 369 g/mol. The minimum absolute atomic E-state index is 0.699. The van der Waals surface area contributed by atoms with Crippen molar-refractivity contribution >= 4 is 0 Å². The van der Waals surface area contributed by atoms with Crippen LogP contribution in [0.1, 0.15) is 44.7 Å². The van der Waals surface area contributed by atoms with Crippen molar-refractivity contribution in [1.82, 2.24) is 4.90 Å². The molecule has 0 aromatic heterocycles. The van der Waals surface area contributed by atoms with Crippen LogP contribution in [-0.4, -0.2) is 37.7 Å². The molecule has 148 valence electrons. The topological polar surface area (TPSA) is 21.7 Å². The highest BCUT2D eigenvalue weighted by molar-refractivity contribution is 5.37. The number of hydrogen-bond donors (Lipinski definition) is 0. The van der Waals surface area contributed by atoms with Gasteiger partial charge in [0.1, 0.15) is 11.5 Å². The maximum Gasteiger partial charge on any atom is 0.122 e. The lowest BCUT2D eigenvalue weighted by Crippen LogP contribution is -2.24. The normalized spacial score (nSPS) is 11.0. The van der Waals surface area contributed by atoms with Crippen LogP contribution in [0.15, 0.2) is 48.5 Å². The molecule has 2 aromatic carbocycles. The van der Waals surface area contributed by atoms with Gasteiger partial charge in [0.05, 0.1) is 13.2 Å². The van der Waals surface area contributed by atoms with Gasteiger partial charge in [-0.2, -0.15) is 0 Å². The van der Waals surface area contributed by atoms with Crippen molar-refractivity contribution in [2.24, 2.45) is 0 Å². The third-order valence-corrected chi connectivity index (χ3v) is 4.93. The zero-order valence-corrected chi connectivity index (χ0v) is 17.2. The van der Waals surface area contributed by atoms with Crippen molar-refractivity contribution in [2.45, 2.75) is 46.5 Å². The Hall–Kier alpha value is -2.00. The predicted octanol–water partition coefficient (Wildman–Crippen LogP) is 5.37. The molecule has 3 heteroatoms. The van der Waals surface area contributed by atoms with Crippen molar-refractivity contribution in [2.75, 3.05) is 32.8 Å². The molecule has 0 saturated carbocycles. The molecule has 0 unspecified atom stereocenters. The fourth-order valence-electron chi connectivity index (χ4n) is 3.29. The summed E-state index contributed by atoms with van der Waals surface area (Å²) < 4.78 is 11.9. The largest absolute Gasteiger partial charge is 0.494 e. The van der Waals surface area contributed by atoms with Gasteiger partial charge in [-0.05, 0) is 75.5 Å². The van der Waals surface area contributed by atoms with Crippen LogP contribution in [0.4, 0.5) is 0 Å². The van der Waals surface area contributed by atoms with Gasteiger partial charge in [-0.1, -0.05) is 50.2 Å². The number of rotatable bonds is 13. The summed E-state index contributed by atoms with van der Waals surface area (Å²) in [5.74, 6) is 2.02. The van der Waals surface area contributed by atoms with E-state index in [0.29, 0.717) is 6.61 Å². The van der Waals surface area contributed by atoms with Crippen LogP contribution in [0, 0.1) is 0 Å². The van der Waals surface area contributed by atoms with Crippen molar-refractivity contribution in [3.63, 3.8) is 0 Å². The van der Waals surface area contributed by atoms with E-state index in [1.807, 2.05) is 13.0 Å². The molecule has 0 radical (unpaired) electrons. The average molecular weight is 370 g/mol. The smallest absolute Gasteiger partial charge is 0.122 e. The van der Waals surface area contributed by atoms with E-state index in [-0.39, 0.29) is 0 Å². The number of benzene rings is 2. The minimum Gasteiger partial charge on any atom is -0.494 e. The lowest BCUT2D eigenvalue weighted by atomic mass is 10.0. The Morgan fingerprint density at radius 1 is 0.704 bits per heavy atom. The first kappa shape index (κ1) is 21.3. The Morgan fingerprint density at radius 3 is 1.81 bits per heavy atom. The number of hydrogen-bond acceptors (Lipinski definition) is 3. The predicted molar refractivity (Wildman–Crippen MR) is 114 cm³/mol. The summed E-state index contributed by atoms with van der Waals surface area (Å²) in [4.78, 5) is 2.46. The van der Waals surface area contributed by atoms with Gasteiger partial charge in [0, 0.05) is 0 Å². The first-order chi connectivity index (χ1) is 13.3. The maximum atomic E-state index is 6.10. The Bertz CT molecular complexity index is 652. The SMILES string of the molecule is CCOc1ccccc1CCc1ccccc1OCCCCN(CC)CC. The van der Waals surface area contributed by atoms with Crippen molar-refractivity contribution in [3.05, 3.63) is 59.7 Å². The first-order valence-electron chi connectivity index (χ1n) is 10.4. The Kier molecular flexibility index (Phi) is 9.78. The van der Waals surface area contributed by atoms with E-state index in [4.69, 9.17) is 9.47 Å². The molecule has 0 atom stereocenters. The summed E-state index contributed by atoms with van der Waals surface area (Å²) in [6.07, 6.45) is 4.20. The van der Waals surface area contributed by atoms with Crippen LogP contribution < -0.4 is 9.47 Å². The molecule has 0 heterocycles. The van der Waals surface area contributed by atoms with E-state index >= 15 is 0 Å². The number of aryl methyl sites for hydroxylation is 2. The van der Waals surface area contributed by atoms with Crippen LogP contribution in [0.25, 0.3) is 0 Å². The second-order valence-electron chi connectivity index (χ2n) is 6.73. The molecule has 3 nitrogen and oxygen atoms in total. The van der Waals surface area contributed by atoms with Gasteiger partial charge in [0.25, 0.3) is 0 Å². The zero-order valence-electron chi connectivity index (χ0n) is 17.2. The van der Waals surface area contributed by atoms with E-state index in [0.717, 1.165) is 57.0 Å². The summed E-state index contributed by atoms with van der Waals surface area (Å²) in [5, 5.41) is 0. The van der Waals surface area contributed by atoms with Crippen LogP contribution in [0.3, 0.4) is 0 Å². The van der Waals surface area contributed by atoms with Crippen LogP contribution in [0.5, 0.6) is 11.5 Å². The van der Waals surface area contributed by atoms with E-state index in [1.165, 1.54) is 17.5 Å². The summed E-state index contributed by atoms with van der Waals surface area (Å²) in [6, 6.07) is 16.7. The van der Waals surface area contributed by atoms with Gasteiger partial charge in [-0.15, -0.1) is 0 Å². The summed E-state index contributed by atoms with van der Waals surface area (Å²) in [6.45, 7) is 11.4. The number of para-hydroxylation sites is 2. The third kappa shape index (κ3) is 7.26. The fourth-order valence-corrected chi connectivity index (χ4v) is 3.29. The van der Waals surface area contributed by atoms with E-state index in [9.17, 15) is 0 Å². The summed E-state index contributed by atoms with van der Waals surface area (Å²) in [7, 11) is 0. The highest BCUT2D eigenvalue weighted by Crippen LogP contribution is 2.24. The van der Waals surface area contributed by atoms with Crippen molar-refractivity contribution in [3.8, 4) is 11.5 Å². The molecule has 27 heavy (non-hydrogen) atoms. The van der Waals surface area contributed by atoms with E-state index in [1.54, 1.807) is 0 Å². The molecule has 2 aromatic rings. The molecule has 0 fully saturated rings. The Morgan fingerprint density at radius 2 is 1.26 bits per heavy atom. The van der Waals surface area contributed by atoms with Gasteiger partial charge in [0.2, 0.25) is 0 Å². The summed E-state index contributed by atoms with van der Waals surface area (Å²) in [5.41, 5.74) is 2.53. The third-order valence-electron chi connectivity index (χ3n) is 4.93. The molecule has 0 aliphatic carbocycles. The molecular weight excluding hydrogens is 334 g/mol. The van der Waals surface area contributed by atoms with E-state index in [2.05, 4.69) is 61.2 Å². The maximum absolute atomic E-state index is 6.10. The second-order valence-corrected chi connectivity index (χ2v) is 6.73. The first-order valence-corrected chi connectivity index (χ1v) is 10.4. The zero-order chi connectivity index (χ0) is 19.3. The molecule has 0 amide bonds. The number of ether oxygens (including phenoxy) is 2. The molecule has 0 saturated heterocycles.